The maximum atomic E-state index is 13.4. The van der Waals surface area contributed by atoms with Gasteiger partial charge in [0.15, 0.2) is 0 Å². The number of allylic oxidation sites excluding steroid dienone is 3. The minimum absolute atomic E-state index is 0.0697. The van der Waals surface area contributed by atoms with Crippen molar-refractivity contribution >= 4 is 6.09 Å². The lowest BCUT2D eigenvalue weighted by molar-refractivity contribution is 0.0505. The minimum atomic E-state index is -0.693. The molecule has 25 heavy (non-hydrogen) atoms. The molecule has 1 amide bonds. The van der Waals surface area contributed by atoms with Crippen LogP contribution >= 0.6 is 0 Å². The van der Waals surface area contributed by atoms with Crippen LogP contribution < -0.4 is 10.6 Å². The molecule has 0 bridgehead atoms. The Morgan fingerprint density at radius 3 is 2.72 bits per heavy atom. The summed E-state index contributed by atoms with van der Waals surface area (Å²) in [6, 6.07) is 0.208. The molecular formula is C20H29FN2O2. The third-order valence-corrected chi connectivity index (χ3v) is 5.00. The number of carbonyl (C=O) groups is 1. The van der Waals surface area contributed by atoms with Crippen LogP contribution in [0.5, 0.6) is 0 Å². The van der Waals surface area contributed by atoms with Crippen LogP contribution in [0.25, 0.3) is 0 Å². The summed E-state index contributed by atoms with van der Waals surface area (Å²) < 4.78 is 18.8. The third-order valence-electron chi connectivity index (χ3n) is 5.00. The molecule has 0 aromatic rings. The van der Waals surface area contributed by atoms with Gasteiger partial charge in [0.1, 0.15) is 11.8 Å². The molecule has 0 aromatic carbocycles. The van der Waals surface area contributed by atoms with Crippen LogP contribution in [0, 0.1) is 0 Å². The van der Waals surface area contributed by atoms with Crippen LogP contribution in [0.4, 0.5) is 9.18 Å². The van der Waals surface area contributed by atoms with Gasteiger partial charge in [-0.2, -0.15) is 0 Å². The Labute approximate surface area is 149 Å². The summed E-state index contributed by atoms with van der Waals surface area (Å²) in [6.45, 7) is 5.57. The molecule has 1 heterocycles. The maximum Gasteiger partial charge on any atom is 0.408 e. The molecule has 3 aliphatic rings. The molecule has 1 aliphatic heterocycles. The summed E-state index contributed by atoms with van der Waals surface area (Å²) in [7, 11) is 0. The van der Waals surface area contributed by atoms with Gasteiger partial charge in [0, 0.05) is 6.04 Å². The van der Waals surface area contributed by atoms with Gasteiger partial charge in [-0.1, -0.05) is 35.5 Å². The van der Waals surface area contributed by atoms with Crippen LogP contribution in [0.3, 0.4) is 0 Å². The van der Waals surface area contributed by atoms with Gasteiger partial charge in [-0.3, -0.25) is 0 Å². The quantitative estimate of drug-likeness (QED) is 0.743. The van der Waals surface area contributed by atoms with Gasteiger partial charge in [0.25, 0.3) is 0 Å². The fourth-order valence-corrected chi connectivity index (χ4v) is 3.81. The summed E-state index contributed by atoms with van der Waals surface area (Å²) in [5.74, 6) is 0. The molecule has 0 saturated carbocycles. The number of rotatable bonds is 2. The average Bonchev–Trinajstić information content (AvgIpc) is 2.54. The number of fused-ring (bicyclic) bond motifs is 1. The van der Waals surface area contributed by atoms with Gasteiger partial charge in [-0.05, 0) is 52.9 Å². The molecule has 4 atom stereocenters. The SMILES string of the molecule is CC(C)(C)OC(=O)NC1C=CC=C2CCC(C3=CCC(F)CC3)NC21. The predicted molar refractivity (Wildman–Crippen MR) is 97.2 cm³/mol. The molecule has 138 valence electrons. The second-order valence-corrected chi connectivity index (χ2v) is 8.18. The fourth-order valence-electron chi connectivity index (χ4n) is 3.81. The smallest absolute Gasteiger partial charge is 0.408 e. The van der Waals surface area contributed by atoms with Crippen molar-refractivity contribution in [2.45, 2.75) is 82.8 Å². The molecule has 0 spiro atoms. The fraction of sp³-hybridized carbons (Fsp3) is 0.650. The Morgan fingerprint density at radius 1 is 1.28 bits per heavy atom. The second kappa shape index (κ2) is 7.32. The highest BCUT2D eigenvalue weighted by Gasteiger charge is 2.34. The summed E-state index contributed by atoms with van der Waals surface area (Å²) >= 11 is 0. The monoisotopic (exact) mass is 348 g/mol. The van der Waals surface area contributed by atoms with Crippen molar-refractivity contribution in [3.63, 3.8) is 0 Å². The summed E-state index contributed by atoms with van der Waals surface area (Å²) in [5.41, 5.74) is 2.11. The first kappa shape index (κ1) is 18.2. The molecule has 2 N–H and O–H groups in total. The van der Waals surface area contributed by atoms with Gasteiger partial charge in [0.05, 0.1) is 12.1 Å². The van der Waals surface area contributed by atoms with E-state index in [4.69, 9.17) is 4.74 Å². The van der Waals surface area contributed by atoms with Crippen LogP contribution in [0.2, 0.25) is 0 Å². The third kappa shape index (κ3) is 4.72. The van der Waals surface area contributed by atoms with Crippen LogP contribution in [0.1, 0.15) is 52.9 Å². The van der Waals surface area contributed by atoms with Crippen molar-refractivity contribution < 1.29 is 13.9 Å². The zero-order valence-electron chi connectivity index (χ0n) is 15.3. The minimum Gasteiger partial charge on any atom is -0.444 e. The van der Waals surface area contributed by atoms with E-state index < -0.39 is 17.9 Å². The molecule has 3 rings (SSSR count). The highest BCUT2D eigenvalue weighted by atomic mass is 19.1. The van der Waals surface area contributed by atoms with Crippen molar-refractivity contribution in [3.8, 4) is 0 Å². The van der Waals surface area contributed by atoms with E-state index in [-0.39, 0.29) is 18.1 Å². The van der Waals surface area contributed by atoms with Crippen LogP contribution in [-0.4, -0.2) is 36.0 Å². The van der Waals surface area contributed by atoms with Gasteiger partial charge < -0.3 is 15.4 Å². The molecule has 5 heteroatoms. The average molecular weight is 348 g/mol. The van der Waals surface area contributed by atoms with Crippen LogP contribution in [-0.2, 0) is 4.74 Å². The van der Waals surface area contributed by atoms with Crippen molar-refractivity contribution in [2.24, 2.45) is 0 Å². The molecular weight excluding hydrogens is 319 g/mol. The van der Waals surface area contributed by atoms with E-state index in [9.17, 15) is 9.18 Å². The Morgan fingerprint density at radius 2 is 2.04 bits per heavy atom. The Kier molecular flexibility index (Phi) is 5.32. The van der Waals surface area contributed by atoms with Crippen molar-refractivity contribution in [3.05, 3.63) is 35.5 Å². The van der Waals surface area contributed by atoms with E-state index in [0.29, 0.717) is 12.8 Å². The number of amides is 1. The van der Waals surface area contributed by atoms with Gasteiger partial charge >= 0.3 is 6.09 Å². The number of alkyl carbamates (subject to hydrolysis) is 1. The number of ether oxygens (including phenoxy) is 1. The van der Waals surface area contributed by atoms with Crippen molar-refractivity contribution in [2.75, 3.05) is 0 Å². The first-order chi connectivity index (χ1) is 11.8. The molecule has 0 radical (unpaired) electrons. The number of hydrogen-bond donors (Lipinski definition) is 2. The number of nitrogens with one attached hydrogen (secondary N) is 2. The van der Waals surface area contributed by atoms with Crippen LogP contribution in [0.15, 0.2) is 35.5 Å². The van der Waals surface area contributed by atoms with E-state index >= 15 is 0 Å². The lowest BCUT2D eigenvalue weighted by Crippen LogP contribution is -2.56. The predicted octanol–water partition coefficient (Wildman–Crippen LogP) is 3.94. The Hall–Kier alpha value is -1.62. The van der Waals surface area contributed by atoms with Crippen molar-refractivity contribution in [1.29, 1.82) is 0 Å². The number of carbonyl (C=O) groups excluding carboxylic acids is 1. The zero-order chi connectivity index (χ0) is 18.0. The topological polar surface area (TPSA) is 50.4 Å². The Bertz CT molecular complexity index is 603. The molecule has 1 fully saturated rings. The molecule has 4 unspecified atom stereocenters. The summed E-state index contributed by atoms with van der Waals surface area (Å²) in [5, 5.41) is 6.65. The molecule has 2 aliphatic carbocycles. The number of hydrogen-bond acceptors (Lipinski definition) is 3. The Balaban J connectivity index is 1.65. The van der Waals surface area contributed by atoms with Crippen molar-refractivity contribution in [1.82, 2.24) is 10.6 Å². The largest absolute Gasteiger partial charge is 0.444 e. The van der Waals surface area contributed by atoms with E-state index in [0.717, 1.165) is 19.3 Å². The van der Waals surface area contributed by atoms with E-state index in [1.165, 1.54) is 11.1 Å². The highest BCUT2D eigenvalue weighted by Crippen LogP contribution is 2.31. The first-order valence-electron chi connectivity index (χ1n) is 9.27. The van der Waals surface area contributed by atoms with Gasteiger partial charge in [-0.15, -0.1) is 0 Å². The number of halogens is 1. The normalized spacial score (nSPS) is 32.3. The molecule has 1 saturated heterocycles. The first-order valence-corrected chi connectivity index (χ1v) is 9.27. The molecule has 0 aromatic heterocycles. The lowest BCUT2D eigenvalue weighted by Gasteiger charge is -2.40. The second-order valence-electron chi connectivity index (χ2n) is 8.18. The summed E-state index contributed by atoms with van der Waals surface area (Å²) in [6.07, 6.45) is 11.1. The van der Waals surface area contributed by atoms with Gasteiger partial charge in [0.2, 0.25) is 0 Å². The standard InChI is InChI=1S/C20H29FN2O2/c1-20(2,3)25-19(24)23-17-6-4-5-14-9-12-16(22-18(14)17)13-7-10-15(21)11-8-13/h4-7,15-18,22H,8-12H2,1-3H3,(H,23,24). The lowest BCUT2D eigenvalue weighted by atomic mass is 9.81. The van der Waals surface area contributed by atoms with E-state index in [1.54, 1.807) is 0 Å². The summed E-state index contributed by atoms with van der Waals surface area (Å²) in [4.78, 5) is 12.2. The zero-order valence-corrected chi connectivity index (χ0v) is 15.3. The van der Waals surface area contributed by atoms with Gasteiger partial charge in [-0.25, -0.2) is 9.18 Å². The number of piperidine rings is 1. The van der Waals surface area contributed by atoms with E-state index in [1.807, 2.05) is 32.9 Å². The van der Waals surface area contributed by atoms with E-state index in [2.05, 4.69) is 22.8 Å². The number of alkyl halides is 1. The highest BCUT2D eigenvalue weighted by molar-refractivity contribution is 5.69. The maximum absolute atomic E-state index is 13.4. The molecule has 4 nitrogen and oxygen atoms in total.